The van der Waals surface area contributed by atoms with E-state index in [9.17, 15) is 9.59 Å². The molecule has 0 atom stereocenters. The number of nitrogens with zero attached hydrogens (tertiary/aromatic N) is 1. The highest BCUT2D eigenvalue weighted by Gasteiger charge is 2.16. The second-order valence-electron chi connectivity index (χ2n) is 6.82. The van der Waals surface area contributed by atoms with E-state index in [1.54, 1.807) is 31.4 Å². The molecule has 1 N–H and O–H groups in total. The number of benzene rings is 2. The van der Waals surface area contributed by atoms with Gasteiger partial charge in [0.1, 0.15) is 17.3 Å². The third-order valence-electron chi connectivity index (χ3n) is 4.73. The number of hydrogen-bond acceptors (Lipinski definition) is 4. The van der Waals surface area contributed by atoms with Crippen LogP contribution in [0.3, 0.4) is 0 Å². The Bertz CT molecular complexity index is 982. The summed E-state index contributed by atoms with van der Waals surface area (Å²) in [5.41, 5.74) is 1.63. The van der Waals surface area contributed by atoms with Gasteiger partial charge in [0.2, 0.25) is 11.8 Å². The number of ether oxygens (including phenoxy) is 1. The Morgan fingerprint density at radius 3 is 2.57 bits per heavy atom. The summed E-state index contributed by atoms with van der Waals surface area (Å²) < 4.78 is 11.0. The summed E-state index contributed by atoms with van der Waals surface area (Å²) in [6.45, 7) is 2.31. The molecule has 0 fully saturated rings. The molecule has 0 saturated carbocycles. The lowest BCUT2D eigenvalue weighted by atomic mass is 10.2. The number of aryl methyl sites for hydroxylation is 1. The molecule has 0 spiro atoms. The van der Waals surface area contributed by atoms with E-state index in [0.717, 1.165) is 17.1 Å². The number of methoxy groups -OCH3 is 1. The van der Waals surface area contributed by atoms with Crippen LogP contribution in [0.2, 0.25) is 0 Å². The largest absolute Gasteiger partial charge is 0.497 e. The quantitative estimate of drug-likeness (QED) is 0.573. The number of anilines is 1. The maximum atomic E-state index is 12.6. The number of likely N-dealkylation sites (N-methyl/N-ethyl adjacent to an activating group) is 1. The fraction of sp³-hybridized carbons (Fsp3) is 0.250. The summed E-state index contributed by atoms with van der Waals surface area (Å²) in [7, 11) is 1.57. The molecule has 0 unspecified atom stereocenters. The minimum atomic E-state index is -0.247. The summed E-state index contributed by atoms with van der Waals surface area (Å²) in [5, 5.41) is 2.80. The zero-order valence-electron chi connectivity index (χ0n) is 17.3. The fourth-order valence-electron chi connectivity index (χ4n) is 3.11. The van der Waals surface area contributed by atoms with Crippen LogP contribution in [0.15, 0.2) is 71.1 Å². The van der Waals surface area contributed by atoms with E-state index in [1.165, 1.54) is 4.90 Å². The molecule has 0 bridgehead atoms. The lowest BCUT2D eigenvalue weighted by Crippen LogP contribution is -2.38. The Kier molecular flexibility index (Phi) is 7.27. The highest BCUT2D eigenvalue weighted by atomic mass is 16.5. The second-order valence-corrected chi connectivity index (χ2v) is 6.82. The summed E-state index contributed by atoms with van der Waals surface area (Å²) in [5.74, 6) is 1.85. The summed E-state index contributed by atoms with van der Waals surface area (Å²) in [6, 6.07) is 20.7. The van der Waals surface area contributed by atoms with E-state index < -0.39 is 0 Å². The highest BCUT2D eigenvalue weighted by molar-refractivity contribution is 5.94. The Labute approximate surface area is 176 Å². The molecular formula is C24H26N2O4. The van der Waals surface area contributed by atoms with Crippen molar-refractivity contribution >= 4 is 17.5 Å². The molecule has 6 nitrogen and oxygen atoms in total. The van der Waals surface area contributed by atoms with Crippen molar-refractivity contribution in [2.75, 3.05) is 25.5 Å². The van der Waals surface area contributed by atoms with Crippen molar-refractivity contribution in [2.24, 2.45) is 0 Å². The predicted octanol–water partition coefficient (Wildman–Crippen LogP) is 4.38. The van der Waals surface area contributed by atoms with Crippen LogP contribution >= 0.6 is 0 Å². The summed E-state index contributed by atoms with van der Waals surface area (Å²) in [4.78, 5) is 26.5. The molecule has 3 rings (SSSR count). The molecule has 156 valence electrons. The number of furan rings is 1. The van der Waals surface area contributed by atoms with E-state index in [1.807, 2.05) is 49.4 Å². The molecule has 0 aliphatic carbocycles. The molecule has 0 saturated heterocycles. The van der Waals surface area contributed by atoms with Gasteiger partial charge < -0.3 is 19.4 Å². The first-order valence-electron chi connectivity index (χ1n) is 9.95. The van der Waals surface area contributed by atoms with Gasteiger partial charge in [0, 0.05) is 36.7 Å². The van der Waals surface area contributed by atoms with Gasteiger partial charge in [0.05, 0.1) is 13.7 Å². The third kappa shape index (κ3) is 5.73. The monoisotopic (exact) mass is 406 g/mol. The average Bonchev–Trinajstić information content (AvgIpc) is 3.25. The first-order valence-corrected chi connectivity index (χ1v) is 9.95. The van der Waals surface area contributed by atoms with Crippen LogP contribution in [0.4, 0.5) is 5.69 Å². The van der Waals surface area contributed by atoms with E-state index >= 15 is 0 Å². The predicted molar refractivity (Wildman–Crippen MR) is 116 cm³/mol. The van der Waals surface area contributed by atoms with Crippen LogP contribution in [-0.2, 0) is 16.0 Å². The fourth-order valence-corrected chi connectivity index (χ4v) is 3.11. The normalized spacial score (nSPS) is 10.5. The summed E-state index contributed by atoms with van der Waals surface area (Å²) >= 11 is 0. The number of nitrogens with one attached hydrogen (secondary N) is 1. The van der Waals surface area contributed by atoms with Gasteiger partial charge in [-0.3, -0.25) is 9.59 Å². The minimum Gasteiger partial charge on any atom is -0.497 e. The number of amides is 2. The topological polar surface area (TPSA) is 71.8 Å². The van der Waals surface area contributed by atoms with Crippen molar-refractivity contribution in [1.82, 2.24) is 4.90 Å². The Balaban J connectivity index is 1.52. The van der Waals surface area contributed by atoms with Gasteiger partial charge in [0.15, 0.2) is 0 Å². The van der Waals surface area contributed by atoms with Gasteiger partial charge in [-0.1, -0.05) is 36.4 Å². The van der Waals surface area contributed by atoms with Crippen LogP contribution in [0.5, 0.6) is 5.75 Å². The van der Waals surface area contributed by atoms with E-state index in [4.69, 9.17) is 9.15 Å². The van der Waals surface area contributed by atoms with Gasteiger partial charge in [-0.25, -0.2) is 0 Å². The van der Waals surface area contributed by atoms with E-state index in [2.05, 4.69) is 5.32 Å². The van der Waals surface area contributed by atoms with Crippen molar-refractivity contribution in [3.8, 4) is 17.1 Å². The smallest absolute Gasteiger partial charge is 0.243 e. The molecule has 2 aromatic carbocycles. The van der Waals surface area contributed by atoms with Crippen LogP contribution in [0, 0.1) is 0 Å². The van der Waals surface area contributed by atoms with Crippen LogP contribution in [-0.4, -0.2) is 36.9 Å². The first kappa shape index (κ1) is 21.2. The molecule has 1 aromatic heterocycles. The Morgan fingerprint density at radius 1 is 1.03 bits per heavy atom. The number of hydrogen-bond donors (Lipinski definition) is 1. The van der Waals surface area contributed by atoms with E-state index in [-0.39, 0.29) is 24.8 Å². The van der Waals surface area contributed by atoms with Crippen molar-refractivity contribution in [3.05, 3.63) is 72.5 Å². The molecular weight excluding hydrogens is 380 g/mol. The zero-order chi connectivity index (χ0) is 21.3. The molecule has 30 heavy (non-hydrogen) atoms. The van der Waals surface area contributed by atoms with Crippen molar-refractivity contribution in [1.29, 1.82) is 0 Å². The standard InChI is InChI=1S/C24H26N2O4/c1-3-26(17-23(27)25-19-10-7-11-21(16-19)29-2)24(28)15-13-20-12-14-22(30-20)18-8-5-4-6-9-18/h4-12,14,16H,3,13,15,17H2,1-2H3,(H,25,27). The second kappa shape index (κ2) is 10.3. The molecule has 0 radical (unpaired) electrons. The van der Waals surface area contributed by atoms with E-state index in [0.29, 0.717) is 24.4 Å². The van der Waals surface area contributed by atoms with Gasteiger partial charge in [-0.05, 0) is 31.2 Å². The van der Waals surface area contributed by atoms with Crippen molar-refractivity contribution in [2.45, 2.75) is 19.8 Å². The Hall–Kier alpha value is -3.54. The number of rotatable bonds is 9. The molecule has 0 aliphatic rings. The van der Waals surface area contributed by atoms with Gasteiger partial charge in [-0.2, -0.15) is 0 Å². The zero-order valence-corrected chi connectivity index (χ0v) is 17.3. The minimum absolute atomic E-state index is 0.0000365. The van der Waals surface area contributed by atoms with Gasteiger partial charge in [-0.15, -0.1) is 0 Å². The molecule has 1 heterocycles. The van der Waals surface area contributed by atoms with Crippen molar-refractivity contribution in [3.63, 3.8) is 0 Å². The lowest BCUT2D eigenvalue weighted by Gasteiger charge is -2.20. The third-order valence-corrected chi connectivity index (χ3v) is 4.73. The molecule has 2 amide bonds. The molecule has 6 heteroatoms. The average molecular weight is 406 g/mol. The maximum Gasteiger partial charge on any atom is 0.243 e. The van der Waals surface area contributed by atoms with Crippen LogP contribution in [0.1, 0.15) is 19.1 Å². The Morgan fingerprint density at radius 2 is 1.83 bits per heavy atom. The van der Waals surface area contributed by atoms with Crippen LogP contribution < -0.4 is 10.1 Å². The van der Waals surface area contributed by atoms with Gasteiger partial charge in [0.25, 0.3) is 0 Å². The summed E-state index contributed by atoms with van der Waals surface area (Å²) in [6.07, 6.45) is 0.766. The first-order chi connectivity index (χ1) is 14.6. The number of carbonyl (C=O) groups is 2. The van der Waals surface area contributed by atoms with Crippen LogP contribution in [0.25, 0.3) is 11.3 Å². The highest BCUT2D eigenvalue weighted by Crippen LogP contribution is 2.22. The molecule has 3 aromatic rings. The molecule has 0 aliphatic heterocycles. The SMILES string of the molecule is CCN(CC(=O)Nc1cccc(OC)c1)C(=O)CCc1ccc(-c2ccccc2)o1. The lowest BCUT2D eigenvalue weighted by molar-refractivity contribution is -0.134. The number of carbonyl (C=O) groups excluding carboxylic acids is 2. The van der Waals surface area contributed by atoms with Crippen molar-refractivity contribution < 1.29 is 18.7 Å². The maximum absolute atomic E-state index is 12.6. The van der Waals surface area contributed by atoms with Gasteiger partial charge >= 0.3 is 0 Å².